The van der Waals surface area contributed by atoms with Crippen LogP contribution in [0.1, 0.15) is 41.1 Å². The van der Waals surface area contributed by atoms with Gasteiger partial charge in [0, 0.05) is 47.9 Å². The predicted octanol–water partition coefficient (Wildman–Crippen LogP) is 5.40. The summed E-state index contributed by atoms with van der Waals surface area (Å²) in [5, 5.41) is 13.3. The standard InChI is InChI=1S/C31H31N3O3/c35-29(20-22-13-15-27-26(19-22)24(21-32-27)14-16-30(36)37)33-31(23-9-3-1-4-10-23)25-11-5-6-12-28(25)34-17-7-2-8-18-34/h1-7,9-13,15,19,21,31-32H,8,14,16-18,20H2,(H,33,35)(H,36,37). The van der Waals surface area contributed by atoms with Gasteiger partial charge in [0.1, 0.15) is 0 Å². The van der Waals surface area contributed by atoms with Gasteiger partial charge in [-0.25, -0.2) is 0 Å². The van der Waals surface area contributed by atoms with Crippen molar-refractivity contribution in [1.29, 1.82) is 0 Å². The number of benzene rings is 3. The Bertz CT molecular complexity index is 1420. The number of carboxylic acids is 1. The molecular formula is C31H31N3O3. The summed E-state index contributed by atoms with van der Waals surface area (Å²) in [5.74, 6) is -0.887. The SMILES string of the molecule is O=C(O)CCc1c[nH]c2ccc(CC(=O)NC(c3ccccc3)c3ccccc3N3CC=CCC3)cc12. The second-order valence-electron chi connectivity index (χ2n) is 9.44. The Morgan fingerprint density at radius 3 is 2.59 bits per heavy atom. The average molecular weight is 494 g/mol. The lowest BCUT2D eigenvalue weighted by atomic mass is 9.95. The Morgan fingerprint density at radius 1 is 1.00 bits per heavy atom. The lowest BCUT2D eigenvalue weighted by Crippen LogP contribution is -2.33. The number of carboxylic acid groups (broad SMARTS) is 1. The minimum atomic E-state index is -0.822. The quantitative estimate of drug-likeness (QED) is 0.273. The summed E-state index contributed by atoms with van der Waals surface area (Å²) in [7, 11) is 0. The topological polar surface area (TPSA) is 85.4 Å². The highest BCUT2D eigenvalue weighted by Gasteiger charge is 2.22. The van der Waals surface area contributed by atoms with Crippen molar-refractivity contribution >= 4 is 28.5 Å². The van der Waals surface area contributed by atoms with Gasteiger partial charge in [-0.2, -0.15) is 0 Å². The van der Waals surface area contributed by atoms with Gasteiger partial charge >= 0.3 is 5.97 Å². The molecule has 2 heterocycles. The molecule has 1 unspecified atom stereocenters. The van der Waals surface area contributed by atoms with Gasteiger partial charge in [0.2, 0.25) is 5.91 Å². The van der Waals surface area contributed by atoms with E-state index in [1.165, 1.54) is 0 Å². The van der Waals surface area contributed by atoms with Crippen molar-refractivity contribution in [1.82, 2.24) is 10.3 Å². The molecule has 3 aromatic carbocycles. The van der Waals surface area contributed by atoms with Gasteiger partial charge in [-0.1, -0.05) is 66.7 Å². The lowest BCUT2D eigenvalue weighted by Gasteiger charge is -2.31. The van der Waals surface area contributed by atoms with Gasteiger partial charge < -0.3 is 20.3 Å². The molecule has 4 aromatic rings. The molecule has 0 saturated carbocycles. The Balaban J connectivity index is 1.40. The van der Waals surface area contributed by atoms with Gasteiger partial charge in [-0.05, 0) is 47.7 Å². The molecule has 188 valence electrons. The Labute approximate surface area is 216 Å². The number of aromatic amines is 1. The molecule has 6 heteroatoms. The number of nitrogens with zero attached hydrogens (tertiary/aromatic N) is 1. The number of hydrogen-bond donors (Lipinski definition) is 3. The van der Waals surface area contributed by atoms with Crippen molar-refractivity contribution in [2.45, 2.75) is 31.7 Å². The molecule has 1 aliphatic rings. The fraction of sp³-hybridized carbons (Fsp3) is 0.226. The van der Waals surface area contributed by atoms with Crippen molar-refractivity contribution in [2.24, 2.45) is 0 Å². The zero-order valence-corrected chi connectivity index (χ0v) is 20.7. The Hall–Kier alpha value is -4.32. The molecule has 5 rings (SSSR count). The fourth-order valence-corrected chi connectivity index (χ4v) is 5.05. The van der Waals surface area contributed by atoms with Gasteiger partial charge in [-0.3, -0.25) is 9.59 Å². The molecule has 3 N–H and O–H groups in total. The molecule has 1 atom stereocenters. The maximum absolute atomic E-state index is 13.4. The maximum Gasteiger partial charge on any atom is 0.303 e. The summed E-state index contributed by atoms with van der Waals surface area (Å²) >= 11 is 0. The van der Waals surface area contributed by atoms with E-state index in [1.807, 2.05) is 48.7 Å². The number of rotatable bonds is 9. The molecule has 1 aliphatic heterocycles. The zero-order chi connectivity index (χ0) is 25.6. The summed E-state index contributed by atoms with van der Waals surface area (Å²) in [5.41, 5.74) is 6.03. The minimum Gasteiger partial charge on any atom is -0.481 e. The molecule has 0 fully saturated rings. The van der Waals surface area contributed by atoms with Gasteiger partial charge in [0.25, 0.3) is 0 Å². The third kappa shape index (κ3) is 5.75. The highest BCUT2D eigenvalue weighted by atomic mass is 16.4. The van der Waals surface area contributed by atoms with Crippen LogP contribution in [-0.2, 0) is 22.4 Å². The molecule has 0 radical (unpaired) electrons. The summed E-state index contributed by atoms with van der Waals surface area (Å²) in [6.07, 6.45) is 8.02. The fourth-order valence-electron chi connectivity index (χ4n) is 5.05. The van der Waals surface area contributed by atoms with E-state index in [4.69, 9.17) is 5.11 Å². The summed E-state index contributed by atoms with van der Waals surface area (Å²) in [6, 6.07) is 24.0. The van der Waals surface area contributed by atoms with E-state index >= 15 is 0 Å². The molecule has 0 spiro atoms. The van der Waals surface area contributed by atoms with Crippen LogP contribution in [0, 0.1) is 0 Å². The largest absolute Gasteiger partial charge is 0.481 e. The molecule has 6 nitrogen and oxygen atoms in total. The molecule has 1 amide bonds. The van der Waals surface area contributed by atoms with Crippen molar-refractivity contribution < 1.29 is 14.7 Å². The zero-order valence-electron chi connectivity index (χ0n) is 20.7. The number of aromatic nitrogens is 1. The number of carbonyl (C=O) groups is 2. The Kier molecular flexibility index (Phi) is 7.36. The molecule has 0 aliphatic carbocycles. The number of para-hydroxylation sites is 1. The molecule has 37 heavy (non-hydrogen) atoms. The third-order valence-corrected chi connectivity index (χ3v) is 6.89. The van der Waals surface area contributed by atoms with Crippen LogP contribution >= 0.6 is 0 Å². The van der Waals surface area contributed by atoms with Crippen LogP contribution in [0.5, 0.6) is 0 Å². The lowest BCUT2D eigenvalue weighted by molar-refractivity contribution is -0.137. The second kappa shape index (κ2) is 11.2. The third-order valence-electron chi connectivity index (χ3n) is 6.89. The van der Waals surface area contributed by atoms with Gasteiger partial charge in [0.05, 0.1) is 12.5 Å². The van der Waals surface area contributed by atoms with Crippen LogP contribution in [0.3, 0.4) is 0 Å². The van der Waals surface area contributed by atoms with E-state index < -0.39 is 5.97 Å². The van der Waals surface area contributed by atoms with Crippen LogP contribution in [0.15, 0.2) is 91.1 Å². The number of fused-ring (bicyclic) bond motifs is 1. The highest BCUT2D eigenvalue weighted by molar-refractivity contribution is 5.87. The predicted molar refractivity (Wildman–Crippen MR) is 147 cm³/mol. The van der Waals surface area contributed by atoms with Crippen molar-refractivity contribution in [3.05, 3.63) is 113 Å². The van der Waals surface area contributed by atoms with E-state index in [9.17, 15) is 9.59 Å². The second-order valence-corrected chi connectivity index (χ2v) is 9.44. The average Bonchev–Trinajstić information content (AvgIpc) is 3.34. The van der Waals surface area contributed by atoms with Gasteiger partial charge in [-0.15, -0.1) is 0 Å². The highest BCUT2D eigenvalue weighted by Crippen LogP contribution is 2.32. The Morgan fingerprint density at radius 2 is 1.81 bits per heavy atom. The van der Waals surface area contributed by atoms with E-state index in [1.54, 1.807) is 0 Å². The van der Waals surface area contributed by atoms with E-state index in [0.717, 1.165) is 58.4 Å². The van der Waals surface area contributed by atoms with Crippen LogP contribution in [0.4, 0.5) is 5.69 Å². The van der Waals surface area contributed by atoms with Crippen LogP contribution < -0.4 is 10.2 Å². The molecule has 0 bridgehead atoms. The normalized spacial score (nSPS) is 14.0. The number of aliphatic carboxylic acids is 1. The number of nitrogens with one attached hydrogen (secondary N) is 2. The van der Waals surface area contributed by atoms with E-state index in [-0.39, 0.29) is 24.8 Å². The first kappa shape index (κ1) is 24.4. The van der Waals surface area contributed by atoms with Crippen LogP contribution in [-0.4, -0.2) is 35.1 Å². The van der Waals surface area contributed by atoms with E-state index in [2.05, 4.69) is 57.7 Å². The van der Waals surface area contributed by atoms with Crippen molar-refractivity contribution in [2.75, 3.05) is 18.0 Å². The number of hydrogen-bond acceptors (Lipinski definition) is 3. The molecule has 1 aromatic heterocycles. The number of H-pyrrole nitrogens is 1. The monoisotopic (exact) mass is 493 g/mol. The number of carbonyl (C=O) groups excluding carboxylic acids is 1. The maximum atomic E-state index is 13.4. The summed E-state index contributed by atoms with van der Waals surface area (Å²) in [4.78, 5) is 30.0. The first-order valence-electron chi connectivity index (χ1n) is 12.7. The molecular weight excluding hydrogens is 462 g/mol. The van der Waals surface area contributed by atoms with E-state index in [0.29, 0.717) is 6.42 Å². The van der Waals surface area contributed by atoms with Crippen molar-refractivity contribution in [3.63, 3.8) is 0 Å². The smallest absolute Gasteiger partial charge is 0.303 e. The first-order chi connectivity index (χ1) is 18.1. The summed E-state index contributed by atoms with van der Waals surface area (Å²) < 4.78 is 0. The number of aryl methyl sites for hydroxylation is 1. The van der Waals surface area contributed by atoms with Crippen LogP contribution in [0.25, 0.3) is 10.9 Å². The van der Waals surface area contributed by atoms with Crippen LogP contribution in [0.2, 0.25) is 0 Å². The minimum absolute atomic E-state index is 0.0656. The molecule has 0 saturated heterocycles. The number of amides is 1. The van der Waals surface area contributed by atoms with Gasteiger partial charge in [0.15, 0.2) is 0 Å². The number of anilines is 1. The van der Waals surface area contributed by atoms with Crippen molar-refractivity contribution in [3.8, 4) is 0 Å². The first-order valence-corrected chi connectivity index (χ1v) is 12.7. The summed E-state index contributed by atoms with van der Waals surface area (Å²) in [6.45, 7) is 1.80.